The van der Waals surface area contributed by atoms with Crippen LogP contribution >= 0.6 is 27.3 Å². The third kappa shape index (κ3) is 1.30. The first-order valence-corrected chi connectivity index (χ1v) is 4.64. The van der Waals surface area contributed by atoms with Crippen molar-refractivity contribution in [2.45, 2.75) is 6.85 Å². The molecule has 2 rings (SSSR count). The largest absolute Gasteiger partial charge is 0.242 e. The van der Waals surface area contributed by atoms with Crippen molar-refractivity contribution in [2.75, 3.05) is 0 Å². The first-order chi connectivity index (χ1) is 6.47. The van der Waals surface area contributed by atoms with E-state index in [2.05, 4.69) is 20.9 Å². The van der Waals surface area contributed by atoms with Crippen molar-refractivity contribution in [3.05, 3.63) is 27.7 Å². The highest BCUT2D eigenvalue weighted by Gasteiger charge is 1.98. The summed E-state index contributed by atoms with van der Waals surface area (Å²) in [5, 5.41) is 0.200. The molecule has 1 heterocycles. The fraction of sp³-hybridized carbons (Fsp3) is 0.125. The Morgan fingerprint density at radius 3 is 3.36 bits per heavy atom. The molecule has 0 saturated heterocycles. The first-order valence-electron chi connectivity index (χ1n) is 4.53. The van der Waals surface area contributed by atoms with Crippen LogP contribution in [-0.2, 0) is 0 Å². The number of hydrogen-bond donors (Lipinski definition) is 0. The van der Waals surface area contributed by atoms with E-state index in [1.54, 1.807) is 0 Å². The van der Waals surface area contributed by atoms with Gasteiger partial charge in [-0.1, -0.05) is 15.9 Å². The lowest BCUT2D eigenvalue weighted by atomic mass is 10.3. The molecule has 1 aromatic heterocycles. The van der Waals surface area contributed by atoms with Gasteiger partial charge in [0.25, 0.3) is 0 Å². The molecule has 3 heteroatoms. The molecule has 2 aromatic rings. The van der Waals surface area contributed by atoms with Gasteiger partial charge in [-0.25, -0.2) is 4.98 Å². The molecule has 0 aliphatic heterocycles. The second-order valence-corrected chi connectivity index (χ2v) is 4.08. The summed E-state index contributed by atoms with van der Waals surface area (Å²) in [4.78, 5) is 4.06. The Balaban J connectivity index is 2.63. The Morgan fingerprint density at radius 2 is 2.55 bits per heavy atom. The van der Waals surface area contributed by atoms with Crippen LogP contribution in [0.3, 0.4) is 0 Å². The molecule has 0 aliphatic carbocycles. The van der Waals surface area contributed by atoms with Gasteiger partial charge in [0, 0.05) is 8.58 Å². The zero-order valence-electron chi connectivity index (χ0n) is 8.47. The van der Waals surface area contributed by atoms with Crippen molar-refractivity contribution in [1.82, 2.24) is 4.98 Å². The summed E-state index contributed by atoms with van der Waals surface area (Å²) in [6, 6.07) is 5.54. The summed E-state index contributed by atoms with van der Waals surface area (Å²) in [5.74, 6) is 0. The predicted octanol–water partition coefficient (Wildman–Crippen LogP) is 3.37. The molecule has 0 radical (unpaired) electrons. The number of aromatic nitrogens is 1. The predicted molar refractivity (Wildman–Crippen MR) is 52.1 cm³/mol. The minimum atomic E-state index is -2.10. The molecule has 0 atom stereocenters. The summed E-state index contributed by atoms with van der Waals surface area (Å²) in [5.41, 5.74) is 0.740. The number of fused-ring (bicyclic) bond motifs is 1. The molecule has 0 saturated carbocycles. The van der Waals surface area contributed by atoms with E-state index in [4.69, 9.17) is 4.11 Å². The lowest BCUT2D eigenvalue weighted by molar-refractivity contribution is 1.35. The number of hydrogen-bond acceptors (Lipinski definition) is 2. The molecule has 0 spiro atoms. The number of aryl methyl sites for hydroxylation is 1. The summed E-state index contributed by atoms with van der Waals surface area (Å²) in [6.45, 7) is -2.10. The third-order valence-corrected chi connectivity index (χ3v) is 2.68. The maximum absolute atomic E-state index is 7.23. The van der Waals surface area contributed by atoms with Crippen molar-refractivity contribution >= 4 is 37.5 Å². The van der Waals surface area contributed by atoms with Crippen molar-refractivity contribution in [3.8, 4) is 0 Å². The van der Waals surface area contributed by atoms with Crippen LogP contribution in [0.2, 0.25) is 0 Å². The summed E-state index contributed by atoms with van der Waals surface area (Å²) < 4.78 is 23.5. The Hall–Kier alpha value is -0.410. The highest BCUT2D eigenvalue weighted by molar-refractivity contribution is 9.10. The van der Waals surface area contributed by atoms with Crippen LogP contribution in [0.4, 0.5) is 0 Å². The first kappa shape index (κ1) is 4.58. The Labute approximate surface area is 81.4 Å². The van der Waals surface area contributed by atoms with Crippen molar-refractivity contribution in [3.63, 3.8) is 0 Å². The molecular weight excluding hydrogens is 222 g/mol. The van der Waals surface area contributed by atoms with Crippen LogP contribution in [0, 0.1) is 6.85 Å². The number of nitrogens with zero attached hydrogens (tertiary/aromatic N) is 1. The van der Waals surface area contributed by atoms with Crippen molar-refractivity contribution in [1.29, 1.82) is 0 Å². The van der Waals surface area contributed by atoms with Gasteiger partial charge in [0.05, 0.1) is 15.2 Å². The molecule has 56 valence electrons. The SMILES string of the molecule is [2H]C([2H])([2H])c1nc2ccc(Br)cc2s1. The average Bonchev–Trinajstić information content (AvgIpc) is 2.45. The fourth-order valence-electron chi connectivity index (χ4n) is 0.898. The lowest BCUT2D eigenvalue weighted by Crippen LogP contribution is -1.67. The van der Waals surface area contributed by atoms with Crippen molar-refractivity contribution in [2.24, 2.45) is 0 Å². The van der Waals surface area contributed by atoms with Gasteiger partial charge in [0.15, 0.2) is 0 Å². The van der Waals surface area contributed by atoms with Gasteiger partial charge in [-0.05, 0) is 25.1 Å². The van der Waals surface area contributed by atoms with Crippen LogP contribution in [0.1, 0.15) is 9.12 Å². The van der Waals surface area contributed by atoms with Gasteiger partial charge in [-0.2, -0.15) is 0 Å². The smallest absolute Gasteiger partial charge is 0.0907 e. The summed E-state index contributed by atoms with van der Waals surface area (Å²) in [7, 11) is 0. The second kappa shape index (κ2) is 2.57. The molecule has 11 heavy (non-hydrogen) atoms. The van der Waals surface area contributed by atoms with Gasteiger partial charge in [0.1, 0.15) is 0 Å². The van der Waals surface area contributed by atoms with E-state index in [1.807, 2.05) is 18.2 Å². The number of rotatable bonds is 0. The fourth-order valence-corrected chi connectivity index (χ4v) is 2.17. The third-order valence-electron chi connectivity index (χ3n) is 1.35. The normalized spacial score (nSPS) is 15.9. The van der Waals surface area contributed by atoms with Crippen LogP contribution in [0.5, 0.6) is 0 Å². The average molecular weight is 231 g/mol. The molecule has 0 amide bonds. The van der Waals surface area contributed by atoms with Gasteiger partial charge in [-0.3, -0.25) is 0 Å². The Bertz CT molecular complexity index is 477. The standard InChI is InChI=1S/C8H6BrNS/c1-5-10-7-3-2-6(9)4-8(7)11-5/h2-4H,1H3/i1D3. The zero-order valence-corrected chi connectivity index (χ0v) is 7.87. The van der Waals surface area contributed by atoms with Gasteiger partial charge < -0.3 is 0 Å². The van der Waals surface area contributed by atoms with Crippen LogP contribution in [0.15, 0.2) is 22.7 Å². The molecule has 0 fully saturated rings. The van der Waals surface area contributed by atoms with Crippen molar-refractivity contribution < 1.29 is 4.11 Å². The molecule has 1 nitrogen and oxygen atoms in total. The second-order valence-electron chi connectivity index (χ2n) is 2.13. The summed E-state index contributed by atoms with van der Waals surface area (Å²) >= 11 is 4.55. The maximum atomic E-state index is 7.23. The van der Waals surface area contributed by atoms with E-state index < -0.39 is 6.85 Å². The van der Waals surface area contributed by atoms with Gasteiger partial charge in [0.2, 0.25) is 0 Å². The van der Waals surface area contributed by atoms with E-state index in [0.29, 0.717) is 0 Å². The molecular formula is C8H6BrNS. The molecule has 0 unspecified atom stereocenters. The monoisotopic (exact) mass is 230 g/mol. The highest BCUT2D eigenvalue weighted by Crippen LogP contribution is 2.24. The van der Waals surface area contributed by atoms with E-state index >= 15 is 0 Å². The summed E-state index contributed by atoms with van der Waals surface area (Å²) in [6.07, 6.45) is 0. The zero-order chi connectivity index (χ0) is 10.3. The van der Waals surface area contributed by atoms with E-state index in [-0.39, 0.29) is 5.01 Å². The van der Waals surface area contributed by atoms with Crippen LogP contribution < -0.4 is 0 Å². The topological polar surface area (TPSA) is 12.9 Å². The highest BCUT2D eigenvalue weighted by atomic mass is 79.9. The maximum Gasteiger partial charge on any atom is 0.0907 e. The van der Waals surface area contributed by atoms with E-state index in [1.165, 1.54) is 11.3 Å². The Morgan fingerprint density at radius 1 is 1.64 bits per heavy atom. The van der Waals surface area contributed by atoms with Crippen LogP contribution in [0.25, 0.3) is 10.2 Å². The quantitative estimate of drug-likeness (QED) is 0.677. The number of benzene rings is 1. The minimum absolute atomic E-state index is 0.200. The molecule has 1 aromatic carbocycles. The van der Waals surface area contributed by atoms with Gasteiger partial charge in [-0.15, -0.1) is 11.3 Å². The number of thiazole rings is 1. The molecule has 0 N–H and O–H groups in total. The molecule has 0 bridgehead atoms. The van der Waals surface area contributed by atoms with Gasteiger partial charge >= 0.3 is 0 Å². The molecule has 0 aliphatic rings. The van der Waals surface area contributed by atoms with Crippen LogP contribution in [-0.4, -0.2) is 4.98 Å². The lowest BCUT2D eigenvalue weighted by Gasteiger charge is -1.86. The van der Waals surface area contributed by atoms with E-state index in [0.717, 1.165) is 14.7 Å². The number of halogens is 1. The van der Waals surface area contributed by atoms with E-state index in [9.17, 15) is 0 Å². The minimum Gasteiger partial charge on any atom is -0.242 e. The Kier molecular flexibility index (Phi) is 1.07.